The number of nitrogens with zero attached hydrogens (tertiary/aromatic N) is 5. The maximum Gasteiger partial charge on any atom is 0.233 e. The number of carbonyl (C=O) groups is 1. The topological polar surface area (TPSA) is 63.9 Å². The molecule has 1 amide bonds. The van der Waals surface area contributed by atoms with Crippen molar-refractivity contribution >= 4 is 17.7 Å². The quantitative estimate of drug-likeness (QED) is 0.585. The van der Waals surface area contributed by atoms with E-state index in [0.717, 1.165) is 22.6 Å². The number of para-hydroxylation sites is 1. The average Bonchev–Trinajstić information content (AvgIpc) is 3.12. The largest absolute Gasteiger partial charge is 0.343 e. The maximum absolute atomic E-state index is 12.4. The zero-order valence-electron chi connectivity index (χ0n) is 15.8. The van der Waals surface area contributed by atoms with Gasteiger partial charge in [-0.05, 0) is 44.5 Å². The molecule has 0 N–H and O–H groups in total. The van der Waals surface area contributed by atoms with E-state index in [2.05, 4.69) is 28.2 Å². The summed E-state index contributed by atoms with van der Waals surface area (Å²) in [5, 5.41) is 9.46. The molecule has 0 aliphatic heterocycles. The van der Waals surface area contributed by atoms with Crippen LogP contribution < -0.4 is 0 Å². The van der Waals surface area contributed by atoms with Crippen LogP contribution >= 0.6 is 11.8 Å². The standard InChI is InChI=1S/C20H23N5OS/c1-4-24(5-2)18(26)14-27-20-23-22-19(16-10-8-12-21-13-16)25(20)17-11-7-6-9-15(17)3/h6-13H,4-5,14H2,1-3H3. The van der Waals surface area contributed by atoms with Crippen LogP contribution in [0.3, 0.4) is 0 Å². The van der Waals surface area contributed by atoms with Crippen LogP contribution in [0.5, 0.6) is 0 Å². The Kier molecular flexibility index (Phi) is 6.24. The first-order valence-corrected chi connectivity index (χ1v) is 9.96. The SMILES string of the molecule is CCN(CC)C(=O)CSc1nnc(-c2cccnc2)n1-c1ccccc1C. The summed E-state index contributed by atoms with van der Waals surface area (Å²) in [6.07, 6.45) is 3.50. The minimum Gasteiger partial charge on any atom is -0.343 e. The van der Waals surface area contributed by atoms with E-state index in [0.29, 0.717) is 24.0 Å². The summed E-state index contributed by atoms with van der Waals surface area (Å²) >= 11 is 1.41. The highest BCUT2D eigenvalue weighted by molar-refractivity contribution is 7.99. The number of amides is 1. The summed E-state index contributed by atoms with van der Waals surface area (Å²) in [6, 6.07) is 11.9. The number of aromatic nitrogens is 4. The van der Waals surface area contributed by atoms with Gasteiger partial charge >= 0.3 is 0 Å². The number of carbonyl (C=O) groups excluding carboxylic acids is 1. The third-order valence-electron chi connectivity index (χ3n) is 4.35. The van der Waals surface area contributed by atoms with Gasteiger partial charge in [-0.25, -0.2) is 0 Å². The number of pyridine rings is 1. The summed E-state index contributed by atoms with van der Waals surface area (Å²) in [5.41, 5.74) is 2.99. The second-order valence-corrected chi connectivity index (χ2v) is 6.97. The smallest absolute Gasteiger partial charge is 0.233 e. The molecule has 0 spiro atoms. The van der Waals surface area contributed by atoms with Gasteiger partial charge in [0.15, 0.2) is 11.0 Å². The van der Waals surface area contributed by atoms with Crippen LogP contribution in [0.15, 0.2) is 53.9 Å². The Bertz CT molecular complexity index is 906. The van der Waals surface area contributed by atoms with Gasteiger partial charge in [0.25, 0.3) is 0 Å². The van der Waals surface area contributed by atoms with Crippen molar-refractivity contribution in [3.8, 4) is 17.1 Å². The molecule has 0 saturated carbocycles. The van der Waals surface area contributed by atoms with Gasteiger partial charge < -0.3 is 4.90 Å². The summed E-state index contributed by atoms with van der Waals surface area (Å²) in [7, 11) is 0. The third-order valence-corrected chi connectivity index (χ3v) is 5.26. The van der Waals surface area contributed by atoms with Gasteiger partial charge in [-0.3, -0.25) is 14.3 Å². The van der Waals surface area contributed by atoms with Gasteiger partial charge in [0.2, 0.25) is 5.91 Å². The summed E-state index contributed by atoms with van der Waals surface area (Å²) in [4.78, 5) is 18.4. The Hall–Kier alpha value is -2.67. The van der Waals surface area contributed by atoms with Gasteiger partial charge in [0, 0.05) is 31.0 Å². The molecule has 0 unspecified atom stereocenters. The molecule has 27 heavy (non-hydrogen) atoms. The van der Waals surface area contributed by atoms with Crippen LogP contribution in [0.1, 0.15) is 19.4 Å². The van der Waals surface area contributed by atoms with Crippen molar-refractivity contribution in [2.45, 2.75) is 25.9 Å². The zero-order chi connectivity index (χ0) is 19.2. The number of rotatable bonds is 7. The predicted octanol–water partition coefficient (Wildman–Crippen LogP) is 3.60. The highest BCUT2D eigenvalue weighted by Gasteiger charge is 2.19. The molecule has 3 rings (SSSR count). The lowest BCUT2D eigenvalue weighted by molar-refractivity contribution is -0.127. The van der Waals surface area contributed by atoms with Crippen LogP contribution in [-0.4, -0.2) is 49.4 Å². The number of thioether (sulfide) groups is 1. The molecule has 0 bridgehead atoms. The van der Waals surface area contributed by atoms with Crippen LogP contribution in [0.4, 0.5) is 0 Å². The Morgan fingerprint density at radius 1 is 1.11 bits per heavy atom. The summed E-state index contributed by atoms with van der Waals surface area (Å²) in [5.74, 6) is 1.15. The monoisotopic (exact) mass is 381 g/mol. The number of aryl methyl sites for hydroxylation is 1. The number of hydrogen-bond acceptors (Lipinski definition) is 5. The van der Waals surface area contributed by atoms with Crippen LogP contribution in [0.25, 0.3) is 17.1 Å². The van der Waals surface area contributed by atoms with Crippen molar-refractivity contribution in [3.05, 3.63) is 54.4 Å². The molecule has 6 nitrogen and oxygen atoms in total. The molecule has 0 saturated heterocycles. The van der Waals surface area contributed by atoms with E-state index in [1.54, 1.807) is 12.4 Å². The fourth-order valence-electron chi connectivity index (χ4n) is 2.87. The first kappa shape index (κ1) is 19.1. The molecule has 2 heterocycles. The van der Waals surface area contributed by atoms with Gasteiger partial charge in [0.1, 0.15) is 0 Å². The van der Waals surface area contributed by atoms with Gasteiger partial charge in [-0.15, -0.1) is 10.2 Å². The molecule has 2 aromatic heterocycles. The molecule has 3 aromatic rings. The first-order valence-electron chi connectivity index (χ1n) is 8.98. The Morgan fingerprint density at radius 2 is 1.89 bits per heavy atom. The molecule has 0 radical (unpaired) electrons. The molecule has 1 aromatic carbocycles. The van der Waals surface area contributed by atoms with Crippen LogP contribution in [0.2, 0.25) is 0 Å². The number of benzene rings is 1. The van der Waals surface area contributed by atoms with Crippen LogP contribution in [-0.2, 0) is 4.79 Å². The van der Waals surface area contributed by atoms with Crippen LogP contribution in [0, 0.1) is 6.92 Å². The van der Waals surface area contributed by atoms with Crippen molar-refractivity contribution in [2.24, 2.45) is 0 Å². The van der Waals surface area contributed by atoms with E-state index in [9.17, 15) is 4.79 Å². The Labute approximate surface area is 163 Å². The molecule has 0 aliphatic rings. The molecule has 0 fully saturated rings. The van der Waals surface area contributed by atoms with E-state index in [4.69, 9.17) is 0 Å². The molecule has 0 aliphatic carbocycles. The van der Waals surface area contributed by atoms with E-state index >= 15 is 0 Å². The lowest BCUT2D eigenvalue weighted by Crippen LogP contribution is -2.31. The van der Waals surface area contributed by atoms with E-state index < -0.39 is 0 Å². The lowest BCUT2D eigenvalue weighted by atomic mass is 10.2. The van der Waals surface area contributed by atoms with Crippen molar-refractivity contribution in [3.63, 3.8) is 0 Å². The fraction of sp³-hybridized carbons (Fsp3) is 0.300. The fourth-order valence-corrected chi connectivity index (χ4v) is 3.72. The van der Waals surface area contributed by atoms with Crippen molar-refractivity contribution < 1.29 is 4.79 Å². The lowest BCUT2D eigenvalue weighted by Gasteiger charge is -2.18. The normalized spacial score (nSPS) is 10.8. The van der Waals surface area contributed by atoms with Gasteiger partial charge in [-0.1, -0.05) is 30.0 Å². The second kappa shape index (κ2) is 8.81. The minimum absolute atomic E-state index is 0.104. The van der Waals surface area contributed by atoms with E-state index in [1.807, 2.05) is 53.6 Å². The molecule has 0 atom stereocenters. The predicted molar refractivity (Wildman–Crippen MR) is 108 cm³/mol. The molecular formula is C20H23N5OS. The van der Waals surface area contributed by atoms with Crippen molar-refractivity contribution in [1.29, 1.82) is 0 Å². The van der Waals surface area contributed by atoms with Gasteiger partial charge in [0.05, 0.1) is 11.4 Å². The molecular weight excluding hydrogens is 358 g/mol. The van der Waals surface area contributed by atoms with Gasteiger partial charge in [-0.2, -0.15) is 0 Å². The maximum atomic E-state index is 12.4. The third kappa shape index (κ3) is 4.19. The first-order chi connectivity index (χ1) is 13.2. The minimum atomic E-state index is 0.104. The number of hydrogen-bond donors (Lipinski definition) is 0. The average molecular weight is 382 g/mol. The van der Waals surface area contributed by atoms with Crippen molar-refractivity contribution in [1.82, 2.24) is 24.6 Å². The van der Waals surface area contributed by atoms with E-state index in [-0.39, 0.29) is 5.91 Å². The highest BCUT2D eigenvalue weighted by atomic mass is 32.2. The zero-order valence-corrected chi connectivity index (χ0v) is 16.6. The molecule has 7 heteroatoms. The second-order valence-electron chi connectivity index (χ2n) is 6.02. The Morgan fingerprint density at radius 3 is 2.56 bits per heavy atom. The van der Waals surface area contributed by atoms with Crippen molar-refractivity contribution in [2.75, 3.05) is 18.8 Å². The highest BCUT2D eigenvalue weighted by Crippen LogP contribution is 2.29. The molecule has 140 valence electrons. The summed E-state index contributed by atoms with van der Waals surface area (Å²) < 4.78 is 2.01. The summed E-state index contributed by atoms with van der Waals surface area (Å²) in [6.45, 7) is 7.45. The van der Waals surface area contributed by atoms with E-state index in [1.165, 1.54) is 11.8 Å². The Balaban J connectivity index is 1.99.